The van der Waals surface area contributed by atoms with Crippen LogP contribution in [0.5, 0.6) is 0 Å². The second-order valence-corrected chi connectivity index (χ2v) is 3.13. The first kappa shape index (κ1) is 8.55. The summed E-state index contributed by atoms with van der Waals surface area (Å²) in [5.41, 5.74) is 6.94. The first-order valence-corrected chi connectivity index (χ1v) is 4.03. The lowest BCUT2D eigenvalue weighted by Crippen LogP contribution is -2.07. The zero-order valence-electron chi connectivity index (χ0n) is 7.20. The van der Waals surface area contributed by atoms with Gasteiger partial charge in [-0.25, -0.2) is 4.79 Å². The lowest BCUT2D eigenvalue weighted by atomic mass is 10.1. The van der Waals surface area contributed by atoms with Gasteiger partial charge in [0.15, 0.2) is 0 Å². The largest absolute Gasteiger partial charge is 0.478 e. The number of fused-ring (bicyclic) bond motifs is 1. The van der Waals surface area contributed by atoms with Crippen molar-refractivity contribution in [3.8, 4) is 0 Å². The van der Waals surface area contributed by atoms with Crippen LogP contribution in [-0.2, 0) is 11.2 Å². The molecule has 4 N–H and O–H groups in total. The number of amides is 1. The van der Waals surface area contributed by atoms with Crippen LogP contribution in [0.3, 0.4) is 0 Å². The molecule has 0 saturated carbocycles. The van der Waals surface area contributed by atoms with E-state index in [9.17, 15) is 9.59 Å². The van der Waals surface area contributed by atoms with Gasteiger partial charge in [-0.05, 0) is 17.7 Å². The molecule has 14 heavy (non-hydrogen) atoms. The van der Waals surface area contributed by atoms with Gasteiger partial charge in [-0.3, -0.25) is 4.79 Å². The number of nitrogen functional groups attached to an aromatic ring is 1. The predicted molar refractivity (Wildman–Crippen MR) is 50.1 cm³/mol. The highest BCUT2D eigenvalue weighted by Gasteiger charge is 2.23. The van der Waals surface area contributed by atoms with Crippen molar-refractivity contribution in [1.29, 1.82) is 0 Å². The number of nitrogens with two attached hydrogens (primary N) is 1. The number of hydrogen-bond donors (Lipinski definition) is 3. The summed E-state index contributed by atoms with van der Waals surface area (Å²) in [6, 6.07) is 2.95. The summed E-state index contributed by atoms with van der Waals surface area (Å²) in [6.07, 6.45) is 0.195. The van der Waals surface area contributed by atoms with E-state index >= 15 is 0 Å². The summed E-state index contributed by atoms with van der Waals surface area (Å²) in [5, 5.41) is 11.4. The third kappa shape index (κ3) is 1.19. The molecule has 5 nitrogen and oxygen atoms in total. The third-order valence-corrected chi connectivity index (χ3v) is 2.09. The quantitative estimate of drug-likeness (QED) is 0.563. The number of carbonyl (C=O) groups is 2. The molecule has 0 spiro atoms. The molecule has 5 heteroatoms. The Hall–Kier alpha value is -2.04. The van der Waals surface area contributed by atoms with Crippen molar-refractivity contribution >= 4 is 23.3 Å². The number of nitrogens with one attached hydrogen (secondary N) is 1. The fourth-order valence-electron chi connectivity index (χ4n) is 1.54. The molecular formula is C9H8N2O3. The van der Waals surface area contributed by atoms with Crippen LogP contribution >= 0.6 is 0 Å². The Morgan fingerprint density at radius 2 is 2.21 bits per heavy atom. The molecule has 2 rings (SSSR count). The number of benzene rings is 1. The van der Waals surface area contributed by atoms with E-state index in [1.54, 1.807) is 6.07 Å². The lowest BCUT2D eigenvalue weighted by Gasteiger charge is -2.04. The van der Waals surface area contributed by atoms with E-state index in [1.807, 2.05) is 0 Å². The minimum absolute atomic E-state index is 0.0471. The van der Waals surface area contributed by atoms with Crippen molar-refractivity contribution in [1.82, 2.24) is 0 Å². The Morgan fingerprint density at radius 1 is 1.50 bits per heavy atom. The van der Waals surface area contributed by atoms with E-state index in [4.69, 9.17) is 10.8 Å². The first-order chi connectivity index (χ1) is 6.58. The number of carbonyl (C=O) groups excluding carboxylic acids is 1. The number of carboxylic acid groups (broad SMARTS) is 1. The van der Waals surface area contributed by atoms with E-state index in [0.717, 1.165) is 0 Å². The average Bonchev–Trinajstić information content (AvgIpc) is 2.42. The van der Waals surface area contributed by atoms with E-state index < -0.39 is 5.97 Å². The summed E-state index contributed by atoms with van der Waals surface area (Å²) >= 11 is 0. The number of aromatic carboxylic acids is 1. The van der Waals surface area contributed by atoms with E-state index in [1.165, 1.54) is 6.07 Å². The van der Waals surface area contributed by atoms with Gasteiger partial charge in [0.1, 0.15) is 0 Å². The molecule has 0 saturated heterocycles. The molecule has 1 aliphatic rings. The van der Waals surface area contributed by atoms with Crippen LogP contribution in [0.2, 0.25) is 0 Å². The van der Waals surface area contributed by atoms with Gasteiger partial charge in [-0.2, -0.15) is 0 Å². The molecule has 72 valence electrons. The second kappa shape index (κ2) is 2.73. The fourth-order valence-corrected chi connectivity index (χ4v) is 1.54. The molecule has 0 radical (unpaired) electrons. The van der Waals surface area contributed by atoms with Gasteiger partial charge in [-0.15, -0.1) is 0 Å². The Bertz CT molecular complexity index is 440. The average molecular weight is 192 g/mol. The van der Waals surface area contributed by atoms with Crippen LogP contribution in [0, 0.1) is 0 Å². The second-order valence-electron chi connectivity index (χ2n) is 3.13. The molecule has 0 atom stereocenters. The monoisotopic (exact) mass is 192 g/mol. The molecule has 0 fully saturated rings. The molecule has 1 aromatic carbocycles. The van der Waals surface area contributed by atoms with Gasteiger partial charge in [0.2, 0.25) is 5.91 Å². The zero-order valence-corrected chi connectivity index (χ0v) is 7.20. The highest BCUT2D eigenvalue weighted by atomic mass is 16.4. The highest BCUT2D eigenvalue weighted by molar-refractivity contribution is 6.07. The number of hydrogen-bond acceptors (Lipinski definition) is 3. The normalized spacial score (nSPS) is 13.6. The van der Waals surface area contributed by atoms with E-state index in [0.29, 0.717) is 16.9 Å². The topological polar surface area (TPSA) is 92.4 Å². The van der Waals surface area contributed by atoms with Crippen molar-refractivity contribution in [2.75, 3.05) is 11.1 Å². The summed E-state index contributed by atoms with van der Waals surface area (Å²) in [6.45, 7) is 0. The van der Waals surface area contributed by atoms with Gasteiger partial charge >= 0.3 is 5.97 Å². The van der Waals surface area contributed by atoms with Gasteiger partial charge in [0.05, 0.1) is 17.7 Å². The SMILES string of the molecule is Nc1cc2c(c(C(=O)O)c1)NC(=O)C2. The standard InChI is InChI=1S/C9H8N2O3/c10-5-1-4-2-7(12)11-8(4)6(3-5)9(13)14/h1,3H,2,10H2,(H,11,12)(H,13,14). The van der Waals surface area contributed by atoms with Crippen molar-refractivity contribution in [2.24, 2.45) is 0 Å². The summed E-state index contributed by atoms with van der Waals surface area (Å²) in [4.78, 5) is 21.9. The van der Waals surface area contributed by atoms with Crippen molar-refractivity contribution in [3.63, 3.8) is 0 Å². The Morgan fingerprint density at radius 3 is 2.86 bits per heavy atom. The van der Waals surface area contributed by atoms with Crippen molar-refractivity contribution in [2.45, 2.75) is 6.42 Å². The minimum atomic E-state index is -1.09. The first-order valence-electron chi connectivity index (χ1n) is 4.03. The fraction of sp³-hybridized carbons (Fsp3) is 0.111. The minimum Gasteiger partial charge on any atom is -0.478 e. The van der Waals surface area contributed by atoms with Gasteiger partial charge in [0, 0.05) is 5.69 Å². The van der Waals surface area contributed by atoms with Crippen LogP contribution in [-0.4, -0.2) is 17.0 Å². The van der Waals surface area contributed by atoms with E-state index in [2.05, 4.69) is 5.32 Å². The van der Waals surface area contributed by atoms with Crippen LogP contribution < -0.4 is 11.1 Å². The maximum atomic E-state index is 11.0. The molecule has 0 bridgehead atoms. The van der Waals surface area contributed by atoms with Crippen LogP contribution in [0.1, 0.15) is 15.9 Å². The van der Waals surface area contributed by atoms with Gasteiger partial charge < -0.3 is 16.2 Å². The van der Waals surface area contributed by atoms with Gasteiger partial charge in [-0.1, -0.05) is 0 Å². The summed E-state index contributed by atoms with van der Waals surface area (Å²) in [5.74, 6) is -1.29. The molecule has 0 aromatic heterocycles. The molecule has 1 aliphatic heterocycles. The van der Waals surface area contributed by atoms with Crippen LogP contribution in [0.25, 0.3) is 0 Å². The van der Waals surface area contributed by atoms with Crippen molar-refractivity contribution in [3.05, 3.63) is 23.3 Å². The summed E-state index contributed by atoms with van der Waals surface area (Å²) in [7, 11) is 0. The molecule has 1 aromatic rings. The summed E-state index contributed by atoms with van der Waals surface area (Å²) < 4.78 is 0. The van der Waals surface area contributed by atoms with Crippen LogP contribution in [0.4, 0.5) is 11.4 Å². The predicted octanol–water partition coefficient (Wildman–Crippen LogP) is 0.462. The number of anilines is 2. The maximum absolute atomic E-state index is 11.0. The third-order valence-electron chi connectivity index (χ3n) is 2.09. The molecule has 1 heterocycles. The lowest BCUT2D eigenvalue weighted by molar-refractivity contribution is -0.115. The molecule has 1 amide bonds. The highest BCUT2D eigenvalue weighted by Crippen LogP contribution is 2.29. The van der Waals surface area contributed by atoms with Gasteiger partial charge in [0.25, 0.3) is 0 Å². The smallest absolute Gasteiger partial charge is 0.337 e. The number of carboxylic acids is 1. The molecule has 0 aliphatic carbocycles. The van der Waals surface area contributed by atoms with Crippen LogP contribution in [0.15, 0.2) is 12.1 Å². The Labute approximate surface area is 79.5 Å². The van der Waals surface area contributed by atoms with E-state index in [-0.39, 0.29) is 17.9 Å². The Balaban J connectivity index is 2.63. The Kier molecular flexibility index (Phi) is 1.67. The zero-order chi connectivity index (χ0) is 10.3. The molecule has 0 unspecified atom stereocenters. The molecular weight excluding hydrogens is 184 g/mol. The number of rotatable bonds is 1. The maximum Gasteiger partial charge on any atom is 0.337 e. The van der Waals surface area contributed by atoms with Crippen molar-refractivity contribution < 1.29 is 14.7 Å².